The molecule has 0 radical (unpaired) electrons. The number of thioether (sulfide) groups is 1. The van der Waals surface area contributed by atoms with Crippen LogP contribution in [0, 0.1) is 0 Å². The van der Waals surface area contributed by atoms with Crippen molar-refractivity contribution >= 4 is 17.7 Å². The van der Waals surface area contributed by atoms with Crippen LogP contribution in [0.1, 0.15) is 29.3 Å². The van der Waals surface area contributed by atoms with E-state index in [4.69, 9.17) is 5.73 Å². The van der Waals surface area contributed by atoms with E-state index in [1.54, 1.807) is 0 Å². The number of hydrogen-bond donors (Lipinski definition) is 1. The number of benzene rings is 1. The van der Waals surface area contributed by atoms with Gasteiger partial charge in [0.1, 0.15) is 0 Å². The molecule has 19 heavy (non-hydrogen) atoms. The summed E-state index contributed by atoms with van der Waals surface area (Å²) in [5, 5.41) is 0. The van der Waals surface area contributed by atoms with Crippen LogP contribution in [0.4, 0.5) is 0 Å². The predicted octanol–water partition coefficient (Wildman–Crippen LogP) is 2.40. The van der Waals surface area contributed by atoms with Gasteiger partial charge in [-0.15, -0.1) is 0 Å². The maximum absolute atomic E-state index is 12.3. The van der Waals surface area contributed by atoms with E-state index in [0.717, 1.165) is 24.2 Å². The van der Waals surface area contributed by atoms with Crippen molar-refractivity contribution in [1.29, 1.82) is 0 Å². The average molecular weight is 280 g/mol. The molecule has 106 valence electrons. The Balaban J connectivity index is 2.65. The van der Waals surface area contributed by atoms with Crippen molar-refractivity contribution in [3.05, 3.63) is 35.4 Å². The van der Waals surface area contributed by atoms with Gasteiger partial charge in [-0.2, -0.15) is 11.8 Å². The maximum atomic E-state index is 12.3. The zero-order valence-electron chi connectivity index (χ0n) is 12.1. The fourth-order valence-corrected chi connectivity index (χ4v) is 2.44. The summed E-state index contributed by atoms with van der Waals surface area (Å²) >= 11 is 1.81. The van der Waals surface area contributed by atoms with Crippen molar-refractivity contribution < 1.29 is 4.79 Å². The summed E-state index contributed by atoms with van der Waals surface area (Å²) in [6, 6.07) is 8.03. The summed E-state index contributed by atoms with van der Waals surface area (Å²) in [5.41, 5.74) is 7.44. The predicted molar refractivity (Wildman–Crippen MR) is 83.8 cm³/mol. The van der Waals surface area contributed by atoms with Crippen LogP contribution < -0.4 is 5.73 Å². The summed E-state index contributed by atoms with van der Waals surface area (Å²) in [6.45, 7) is 2.73. The number of rotatable bonds is 7. The fraction of sp³-hybridized carbons (Fsp3) is 0.533. The Morgan fingerprint density at radius 2 is 2.00 bits per heavy atom. The number of amides is 1. The van der Waals surface area contributed by atoms with Crippen LogP contribution >= 0.6 is 11.8 Å². The number of hydrogen-bond acceptors (Lipinski definition) is 3. The van der Waals surface area contributed by atoms with Crippen LogP contribution in [0.25, 0.3) is 0 Å². The first-order valence-electron chi connectivity index (χ1n) is 6.65. The maximum Gasteiger partial charge on any atom is 0.253 e. The average Bonchev–Trinajstić information content (AvgIpc) is 2.44. The molecule has 0 aliphatic heterocycles. The highest BCUT2D eigenvalue weighted by atomic mass is 32.2. The molecule has 0 saturated heterocycles. The Labute approximate surface area is 120 Å². The molecule has 0 fully saturated rings. The van der Waals surface area contributed by atoms with Gasteiger partial charge in [-0.25, -0.2) is 0 Å². The molecule has 4 heteroatoms. The molecule has 0 bridgehead atoms. The van der Waals surface area contributed by atoms with Crippen molar-refractivity contribution in [3.63, 3.8) is 0 Å². The summed E-state index contributed by atoms with van der Waals surface area (Å²) < 4.78 is 0. The van der Waals surface area contributed by atoms with Gasteiger partial charge < -0.3 is 10.6 Å². The van der Waals surface area contributed by atoms with E-state index in [1.165, 1.54) is 5.56 Å². The lowest BCUT2D eigenvalue weighted by molar-refractivity contribution is 0.0741. The minimum Gasteiger partial charge on any atom is -0.339 e. The number of carbonyl (C=O) groups excluding carboxylic acids is 1. The fourth-order valence-electron chi connectivity index (χ4n) is 1.87. The third-order valence-electron chi connectivity index (χ3n) is 3.36. The molecule has 0 saturated carbocycles. The standard InChI is InChI=1S/C15H24N2OS/c1-12(9-11-19-3)17(2)15(18)14-6-4-13(5-7-14)8-10-16/h4-7,12H,8-11,16H2,1-3H3. The van der Waals surface area contributed by atoms with Crippen LogP contribution in [0.15, 0.2) is 24.3 Å². The van der Waals surface area contributed by atoms with E-state index >= 15 is 0 Å². The number of nitrogens with zero attached hydrogens (tertiary/aromatic N) is 1. The summed E-state index contributed by atoms with van der Waals surface area (Å²) in [4.78, 5) is 14.1. The first-order valence-corrected chi connectivity index (χ1v) is 8.04. The second-order valence-electron chi connectivity index (χ2n) is 4.78. The topological polar surface area (TPSA) is 46.3 Å². The quantitative estimate of drug-likeness (QED) is 0.834. The highest BCUT2D eigenvalue weighted by Crippen LogP contribution is 2.12. The Morgan fingerprint density at radius 3 is 2.53 bits per heavy atom. The van der Waals surface area contributed by atoms with Crippen LogP contribution in [0.5, 0.6) is 0 Å². The van der Waals surface area contributed by atoms with Crippen molar-refractivity contribution in [2.45, 2.75) is 25.8 Å². The van der Waals surface area contributed by atoms with Crippen LogP contribution in [-0.2, 0) is 6.42 Å². The van der Waals surface area contributed by atoms with Gasteiger partial charge >= 0.3 is 0 Å². The molecule has 0 aliphatic carbocycles. The Morgan fingerprint density at radius 1 is 1.37 bits per heavy atom. The van der Waals surface area contributed by atoms with E-state index < -0.39 is 0 Å². The molecule has 0 aromatic heterocycles. The van der Waals surface area contributed by atoms with Crippen molar-refractivity contribution in [1.82, 2.24) is 4.90 Å². The summed E-state index contributed by atoms with van der Waals surface area (Å²) in [7, 11) is 1.88. The van der Waals surface area contributed by atoms with E-state index in [2.05, 4.69) is 13.2 Å². The smallest absolute Gasteiger partial charge is 0.253 e. The molecule has 1 aromatic rings. The molecular formula is C15H24N2OS. The van der Waals surface area contributed by atoms with Crippen molar-refractivity contribution in [2.24, 2.45) is 5.73 Å². The lowest BCUT2D eigenvalue weighted by Gasteiger charge is -2.25. The molecule has 1 aromatic carbocycles. The third kappa shape index (κ3) is 4.88. The first kappa shape index (κ1) is 16.1. The number of carbonyl (C=O) groups is 1. The van der Waals surface area contributed by atoms with Crippen LogP contribution in [-0.4, -0.2) is 42.4 Å². The molecular weight excluding hydrogens is 256 g/mol. The minimum atomic E-state index is 0.0906. The molecule has 3 nitrogen and oxygen atoms in total. The molecule has 1 rings (SSSR count). The molecule has 1 amide bonds. The van der Waals surface area contributed by atoms with E-state index in [-0.39, 0.29) is 11.9 Å². The van der Waals surface area contributed by atoms with Crippen molar-refractivity contribution in [3.8, 4) is 0 Å². The van der Waals surface area contributed by atoms with E-state index in [0.29, 0.717) is 6.54 Å². The molecule has 1 atom stereocenters. The zero-order valence-corrected chi connectivity index (χ0v) is 12.9. The normalized spacial score (nSPS) is 12.2. The van der Waals surface area contributed by atoms with E-state index in [1.807, 2.05) is 48.0 Å². The van der Waals surface area contributed by atoms with Gasteiger partial charge in [-0.1, -0.05) is 12.1 Å². The van der Waals surface area contributed by atoms with E-state index in [9.17, 15) is 4.79 Å². The van der Waals surface area contributed by atoms with Gasteiger partial charge in [-0.3, -0.25) is 4.79 Å². The highest BCUT2D eigenvalue weighted by Gasteiger charge is 2.16. The molecule has 2 N–H and O–H groups in total. The highest BCUT2D eigenvalue weighted by molar-refractivity contribution is 7.98. The largest absolute Gasteiger partial charge is 0.339 e. The third-order valence-corrected chi connectivity index (χ3v) is 4.00. The SMILES string of the molecule is CSCCC(C)N(C)C(=O)c1ccc(CCN)cc1. The summed E-state index contributed by atoms with van der Waals surface area (Å²) in [5.74, 6) is 1.17. The lowest BCUT2D eigenvalue weighted by atomic mass is 10.1. The molecule has 0 spiro atoms. The molecule has 1 unspecified atom stereocenters. The Bertz CT molecular complexity index is 392. The Hall–Kier alpha value is -1.00. The monoisotopic (exact) mass is 280 g/mol. The van der Waals surface area contributed by atoms with Gasteiger partial charge in [0, 0.05) is 18.7 Å². The van der Waals surface area contributed by atoms with Gasteiger partial charge in [0.05, 0.1) is 0 Å². The number of nitrogens with two attached hydrogens (primary N) is 1. The molecule has 0 heterocycles. The van der Waals surface area contributed by atoms with Crippen LogP contribution in [0.3, 0.4) is 0 Å². The lowest BCUT2D eigenvalue weighted by Crippen LogP contribution is -2.35. The zero-order chi connectivity index (χ0) is 14.3. The minimum absolute atomic E-state index is 0.0906. The van der Waals surface area contributed by atoms with Gasteiger partial charge in [0.15, 0.2) is 0 Å². The van der Waals surface area contributed by atoms with Gasteiger partial charge in [0.25, 0.3) is 5.91 Å². The second kappa shape index (κ2) is 8.23. The van der Waals surface area contributed by atoms with Crippen LogP contribution in [0.2, 0.25) is 0 Å². The second-order valence-corrected chi connectivity index (χ2v) is 5.77. The van der Waals surface area contributed by atoms with Gasteiger partial charge in [0.2, 0.25) is 0 Å². The first-order chi connectivity index (χ1) is 9.10. The summed E-state index contributed by atoms with van der Waals surface area (Å²) in [6.07, 6.45) is 3.97. The van der Waals surface area contributed by atoms with Gasteiger partial charge in [-0.05, 0) is 56.0 Å². The molecule has 0 aliphatic rings. The Kier molecular flexibility index (Phi) is 6.95. The van der Waals surface area contributed by atoms with Crippen molar-refractivity contribution in [2.75, 3.05) is 25.6 Å².